The van der Waals surface area contributed by atoms with Gasteiger partial charge in [-0.2, -0.15) is 0 Å². The molecule has 0 aliphatic carbocycles. The number of ether oxygens (including phenoxy) is 2. The summed E-state index contributed by atoms with van der Waals surface area (Å²) in [6.45, 7) is 1.78. The number of likely N-dealkylation sites (N-methyl/N-ethyl adjacent to an activating group) is 1. The Morgan fingerprint density at radius 3 is 2.71 bits per heavy atom. The van der Waals surface area contributed by atoms with Gasteiger partial charge in [0, 0.05) is 30.4 Å². The number of aromatic nitrogens is 3. The van der Waals surface area contributed by atoms with Crippen molar-refractivity contribution in [2.24, 2.45) is 0 Å². The topological polar surface area (TPSA) is 63.9 Å². The van der Waals surface area contributed by atoms with Crippen molar-refractivity contribution < 1.29 is 27.0 Å². The van der Waals surface area contributed by atoms with E-state index in [0.717, 1.165) is 32.0 Å². The third-order valence-electron chi connectivity index (χ3n) is 5.16. The number of nitrogens with zero attached hydrogens (tertiary/aromatic N) is 4. The molecule has 1 saturated heterocycles. The summed E-state index contributed by atoms with van der Waals surface area (Å²) in [5.74, 6) is -0.724. The fourth-order valence-electron chi connectivity index (χ4n) is 3.79. The highest BCUT2D eigenvalue weighted by atomic mass is 19.4. The standard InChI is InChI=1S/C20H21F4N5O2/c1-28-8-3-4-12(11-28)25-19-27-26-17(18-15(21)7-9-29(18)19)14-6-5-13(30-2)10-16(14)31-20(22,23)24/h5-7,9-10,12H,3-4,8,11H2,1-2H3,(H,25,27)/t12-/m1/s1. The molecule has 1 atom stereocenters. The van der Waals surface area contributed by atoms with Crippen LogP contribution in [0, 0.1) is 5.82 Å². The number of anilines is 1. The summed E-state index contributed by atoms with van der Waals surface area (Å²) in [6.07, 6.45) is -1.56. The van der Waals surface area contributed by atoms with Crippen LogP contribution in [0.1, 0.15) is 12.8 Å². The SMILES string of the molecule is COc1ccc(-c2nnc(N[C@@H]3CCCN(C)C3)n3ccc(F)c23)c(OC(F)(F)F)c1. The third-order valence-corrected chi connectivity index (χ3v) is 5.16. The monoisotopic (exact) mass is 439 g/mol. The quantitative estimate of drug-likeness (QED) is 0.608. The number of halogens is 4. The van der Waals surface area contributed by atoms with E-state index in [1.807, 2.05) is 7.05 Å². The average Bonchev–Trinajstić information content (AvgIpc) is 3.10. The molecule has 1 N–H and O–H groups in total. The lowest BCUT2D eigenvalue weighted by molar-refractivity contribution is -0.274. The van der Waals surface area contributed by atoms with E-state index in [-0.39, 0.29) is 28.6 Å². The normalized spacial score (nSPS) is 17.7. The van der Waals surface area contributed by atoms with Crippen LogP contribution in [-0.2, 0) is 0 Å². The maximum Gasteiger partial charge on any atom is 0.573 e. The number of alkyl halides is 3. The molecule has 0 radical (unpaired) electrons. The summed E-state index contributed by atoms with van der Waals surface area (Å²) in [5, 5.41) is 11.5. The minimum absolute atomic E-state index is 0.00106. The molecule has 3 heterocycles. The van der Waals surface area contributed by atoms with Gasteiger partial charge in [0.05, 0.1) is 7.11 Å². The van der Waals surface area contributed by atoms with E-state index in [1.54, 1.807) is 0 Å². The number of benzene rings is 1. The summed E-state index contributed by atoms with van der Waals surface area (Å²) < 4.78 is 64.2. The van der Waals surface area contributed by atoms with E-state index in [9.17, 15) is 17.6 Å². The van der Waals surface area contributed by atoms with Gasteiger partial charge < -0.3 is 19.7 Å². The highest BCUT2D eigenvalue weighted by Crippen LogP contribution is 2.38. The number of fused-ring (bicyclic) bond motifs is 1. The molecule has 1 aliphatic heterocycles. The van der Waals surface area contributed by atoms with Crippen molar-refractivity contribution in [3.05, 3.63) is 36.3 Å². The second-order valence-corrected chi connectivity index (χ2v) is 7.41. The predicted molar refractivity (Wildman–Crippen MR) is 106 cm³/mol. The summed E-state index contributed by atoms with van der Waals surface area (Å²) in [7, 11) is 3.33. The fraction of sp³-hybridized carbons (Fsp3) is 0.400. The van der Waals surface area contributed by atoms with Crippen LogP contribution in [0.25, 0.3) is 16.8 Å². The van der Waals surface area contributed by atoms with Gasteiger partial charge in [-0.1, -0.05) is 0 Å². The van der Waals surface area contributed by atoms with Crippen LogP contribution in [0.2, 0.25) is 0 Å². The zero-order chi connectivity index (χ0) is 22.2. The van der Waals surface area contributed by atoms with Crippen LogP contribution in [0.5, 0.6) is 11.5 Å². The van der Waals surface area contributed by atoms with Crippen molar-refractivity contribution in [3.8, 4) is 22.8 Å². The van der Waals surface area contributed by atoms with Gasteiger partial charge in [0.15, 0.2) is 5.82 Å². The van der Waals surface area contributed by atoms with E-state index in [4.69, 9.17) is 4.74 Å². The average molecular weight is 439 g/mol. The Morgan fingerprint density at radius 1 is 1.19 bits per heavy atom. The summed E-state index contributed by atoms with van der Waals surface area (Å²) in [4.78, 5) is 2.18. The molecule has 4 rings (SSSR count). The summed E-state index contributed by atoms with van der Waals surface area (Å²) >= 11 is 0. The van der Waals surface area contributed by atoms with Crippen molar-refractivity contribution in [1.29, 1.82) is 0 Å². The molecular weight excluding hydrogens is 418 g/mol. The number of nitrogens with one attached hydrogen (secondary N) is 1. The smallest absolute Gasteiger partial charge is 0.497 e. The van der Waals surface area contributed by atoms with Gasteiger partial charge in [0.25, 0.3) is 0 Å². The van der Waals surface area contributed by atoms with Gasteiger partial charge in [-0.25, -0.2) is 4.39 Å². The molecule has 2 aromatic heterocycles. The van der Waals surface area contributed by atoms with E-state index < -0.39 is 17.9 Å². The first-order valence-corrected chi connectivity index (χ1v) is 9.67. The fourth-order valence-corrected chi connectivity index (χ4v) is 3.79. The van der Waals surface area contributed by atoms with Crippen molar-refractivity contribution in [3.63, 3.8) is 0 Å². The van der Waals surface area contributed by atoms with Crippen molar-refractivity contribution >= 4 is 11.5 Å². The second kappa shape index (κ2) is 8.22. The Hall–Kier alpha value is -3.08. The van der Waals surface area contributed by atoms with Gasteiger partial charge in [-0.05, 0) is 44.6 Å². The maximum atomic E-state index is 14.7. The summed E-state index contributed by atoms with van der Waals surface area (Å²) in [5.41, 5.74) is -0.133. The molecule has 1 aliphatic rings. The Balaban J connectivity index is 1.78. The number of hydrogen-bond acceptors (Lipinski definition) is 6. The zero-order valence-corrected chi connectivity index (χ0v) is 16.9. The molecule has 0 spiro atoms. The lowest BCUT2D eigenvalue weighted by atomic mass is 10.1. The van der Waals surface area contributed by atoms with Crippen LogP contribution in [0.4, 0.5) is 23.5 Å². The van der Waals surface area contributed by atoms with Crippen molar-refractivity contribution in [2.75, 3.05) is 32.6 Å². The van der Waals surface area contributed by atoms with Gasteiger partial charge in [-0.15, -0.1) is 23.4 Å². The molecule has 0 amide bonds. The molecule has 31 heavy (non-hydrogen) atoms. The zero-order valence-electron chi connectivity index (χ0n) is 16.9. The first kappa shape index (κ1) is 21.2. The van der Waals surface area contributed by atoms with E-state index in [2.05, 4.69) is 25.2 Å². The van der Waals surface area contributed by atoms with Gasteiger partial charge in [0.1, 0.15) is 22.7 Å². The van der Waals surface area contributed by atoms with Gasteiger partial charge in [-0.3, -0.25) is 4.40 Å². The first-order chi connectivity index (χ1) is 14.7. The molecule has 7 nitrogen and oxygen atoms in total. The summed E-state index contributed by atoms with van der Waals surface area (Å²) in [6, 6.07) is 5.17. The maximum absolute atomic E-state index is 14.7. The van der Waals surface area contributed by atoms with Crippen molar-refractivity contribution in [1.82, 2.24) is 19.5 Å². The van der Waals surface area contributed by atoms with E-state index in [0.29, 0.717) is 5.95 Å². The van der Waals surface area contributed by atoms with Crippen LogP contribution < -0.4 is 14.8 Å². The number of rotatable bonds is 5. The van der Waals surface area contributed by atoms with E-state index >= 15 is 0 Å². The lowest BCUT2D eigenvalue weighted by Crippen LogP contribution is -2.40. The van der Waals surface area contributed by atoms with Crippen LogP contribution in [0.3, 0.4) is 0 Å². The van der Waals surface area contributed by atoms with Gasteiger partial charge in [0.2, 0.25) is 5.95 Å². The van der Waals surface area contributed by atoms with Gasteiger partial charge >= 0.3 is 6.36 Å². The number of piperidine rings is 1. The molecular formula is C20H21F4N5O2. The number of hydrogen-bond donors (Lipinski definition) is 1. The third kappa shape index (κ3) is 4.50. The minimum atomic E-state index is -4.94. The lowest BCUT2D eigenvalue weighted by Gasteiger charge is -2.30. The largest absolute Gasteiger partial charge is 0.573 e. The first-order valence-electron chi connectivity index (χ1n) is 9.67. The van der Waals surface area contributed by atoms with Crippen LogP contribution >= 0.6 is 0 Å². The van der Waals surface area contributed by atoms with Crippen LogP contribution in [-0.4, -0.2) is 59.1 Å². The minimum Gasteiger partial charge on any atom is -0.497 e. The molecule has 0 unspecified atom stereocenters. The van der Waals surface area contributed by atoms with Crippen molar-refractivity contribution in [2.45, 2.75) is 25.2 Å². The Labute approximate surface area is 175 Å². The Kier molecular flexibility index (Phi) is 5.61. The molecule has 0 saturated carbocycles. The van der Waals surface area contributed by atoms with Crippen LogP contribution in [0.15, 0.2) is 30.5 Å². The molecule has 166 valence electrons. The Morgan fingerprint density at radius 2 is 2.00 bits per heavy atom. The number of likely N-dealkylation sites (tertiary alicyclic amines) is 1. The predicted octanol–water partition coefficient (Wildman–Crippen LogP) is 3.95. The molecule has 1 aromatic carbocycles. The molecule has 11 heteroatoms. The molecule has 3 aromatic rings. The molecule has 1 fully saturated rings. The Bertz CT molecular complexity index is 1090. The second-order valence-electron chi connectivity index (χ2n) is 7.41. The highest BCUT2D eigenvalue weighted by Gasteiger charge is 2.33. The number of methoxy groups -OCH3 is 1. The molecule has 0 bridgehead atoms. The highest BCUT2D eigenvalue weighted by molar-refractivity contribution is 5.82. The van der Waals surface area contributed by atoms with E-state index in [1.165, 1.54) is 35.9 Å².